The quantitative estimate of drug-likeness (QED) is 0.598. The van der Waals surface area contributed by atoms with Crippen molar-refractivity contribution >= 4 is 23.6 Å². The third-order valence-electron chi connectivity index (χ3n) is 3.80. The maximum atomic E-state index is 12.3. The number of nitrogens with zero attached hydrogens (tertiary/aromatic N) is 2. The first kappa shape index (κ1) is 21.1. The molecule has 28 heavy (non-hydrogen) atoms. The van der Waals surface area contributed by atoms with Crippen LogP contribution in [0.5, 0.6) is 17.2 Å². The fraction of sp³-hybridized carbons (Fsp3) is 0.238. The summed E-state index contributed by atoms with van der Waals surface area (Å²) in [7, 11) is 3.21. The number of likely N-dealkylation sites (N-methyl/N-ethyl adjacent to an activating group) is 1. The summed E-state index contributed by atoms with van der Waals surface area (Å²) in [5, 5.41) is 9.13. The van der Waals surface area contributed by atoms with Gasteiger partial charge in [0.05, 0.1) is 18.7 Å². The minimum Gasteiger partial charge on any atom is -0.493 e. The standard InChI is InChI=1S/C21H21ClN2O4/c1-24(12-14-28-18-6-4-3-5-17(18)22)21(25)10-8-16-7-9-19(27-13-11-23)20(15-16)26-2/h3-10,15H,12-14H2,1-2H3/b10-8+. The van der Waals surface area contributed by atoms with Crippen molar-refractivity contribution in [2.75, 3.05) is 33.9 Å². The molecule has 2 aromatic carbocycles. The molecular formula is C21H21ClN2O4. The summed E-state index contributed by atoms with van der Waals surface area (Å²) in [6, 6.07) is 14.3. The van der Waals surface area contributed by atoms with Crippen molar-refractivity contribution in [2.24, 2.45) is 0 Å². The highest BCUT2D eigenvalue weighted by molar-refractivity contribution is 6.32. The molecule has 0 aliphatic heterocycles. The van der Waals surface area contributed by atoms with Crippen molar-refractivity contribution in [2.45, 2.75) is 0 Å². The molecule has 0 saturated carbocycles. The number of para-hydroxylation sites is 1. The topological polar surface area (TPSA) is 71.8 Å². The van der Waals surface area contributed by atoms with Gasteiger partial charge in [0.15, 0.2) is 18.1 Å². The van der Waals surface area contributed by atoms with E-state index in [4.69, 9.17) is 31.1 Å². The minimum absolute atomic E-state index is 0.0644. The first-order valence-corrected chi connectivity index (χ1v) is 8.91. The van der Waals surface area contributed by atoms with E-state index in [-0.39, 0.29) is 12.5 Å². The molecule has 0 saturated heterocycles. The average Bonchev–Trinajstić information content (AvgIpc) is 2.71. The number of amides is 1. The first-order chi connectivity index (χ1) is 13.5. The molecular weight excluding hydrogens is 380 g/mol. The predicted octanol–water partition coefficient (Wildman–Crippen LogP) is 3.80. The number of benzene rings is 2. The van der Waals surface area contributed by atoms with E-state index >= 15 is 0 Å². The van der Waals surface area contributed by atoms with Gasteiger partial charge in [0, 0.05) is 13.1 Å². The molecule has 146 valence electrons. The highest BCUT2D eigenvalue weighted by atomic mass is 35.5. The number of halogens is 1. The zero-order valence-corrected chi connectivity index (χ0v) is 16.5. The van der Waals surface area contributed by atoms with E-state index < -0.39 is 0 Å². The maximum Gasteiger partial charge on any atom is 0.246 e. The second kappa shape index (κ2) is 10.9. The summed E-state index contributed by atoms with van der Waals surface area (Å²) in [5.74, 6) is 1.39. The second-order valence-corrected chi connectivity index (χ2v) is 6.14. The Morgan fingerprint density at radius 3 is 2.68 bits per heavy atom. The lowest BCUT2D eigenvalue weighted by atomic mass is 10.2. The van der Waals surface area contributed by atoms with Gasteiger partial charge in [-0.1, -0.05) is 29.8 Å². The molecule has 0 unspecified atom stereocenters. The van der Waals surface area contributed by atoms with Crippen LogP contribution in [0.2, 0.25) is 5.02 Å². The molecule has 0 aliphatic rings. The lowest BCUT2D eigenvalue weighted by Crippen LogP contribution is -2.29. The molecule has 0 atom stereocenters. The number of carbonyl (C=O) groups is 1. The summed E-state index contributed by atoms with van der Waals surface area (Å²) in [5.41, 5.74) is 0.773. The Morgan fingerprint density at radius 1 is 1.18 bits per heavy atom. The molecule has 0 heterocycles. The fourth-order valence-electron chi connectivity index (χ4n) is 2.28. The number of carbonyl (C=O) groups excluding carboxylic acids is 1. The molecule has 0 N–H and O–H groups in total. The third-order valence-corrected chi connectivity index (χ3v) is 4.11. The zero-order chi connectivity index (χ0) is 20.4. The van der Waals surface area contributed by atoms with Crippen LogP contribution in [0.25, 0.3) is 6.08 Å². The van der Waals surface area contributed by atoms with Gasteiger partial charge in [0.1, 0.15) is 18.4 Å². The van der Waals surface area contributed by atoms with Gasteiger partial charge in [0.25, 0.3) is 0 Å². The summed E-state index contributed by atoms with van der Waals surface area (Å²) in [4.78, 5) is 13.8. The Bertz CT molecular complexity index is 877. The summed E-state index contributed by atoms with van der Waals surface area (Å²) < 4.78 is 16.1. The molecule has 0 aromatic heterocycles. The lowest BCUT2D eigenvalue weighted by Gasteiger charge is -2.16. The summed E-state index contributed by atoms with van der Waals surface area (Å²) in [6.07, 6.45) is 3.16. The Labute approximate surface area is 169 Å². The SMILES string of the molecule is COc1cc(/C=C/C(=O)N(C)CCOc2ccccc2Cl)ccc1OCC#N. The largest absolute Gasteiger partial charge is 0.493 e. The van der Waals surface area contributed by atoms with Crippen molar-refractivity contribution in [1.29, 1.82) is 5.26 Å². The van der Waals surface area contributed by atoms with Crippen molar-refractivity contribution in [3.8, 4) is 23.3 Å². The molecule has 2 rings (SSSR count). The van der Waals surface area contributed by atoms with Gasteiger partial charge in [-0.15, -0.1) is 0 Å². The van der Waals surface area contributed by atoms with Crippen LogP contribution in [0.3, 0.4) is 0 Å². The van der Waals surface area contributed by atoms with E-state index in [1.807, 2.05) is 18.2 Å². The van der Waals surface area contributed by atoms with Crippen LogP contribution >= 0.6 is 11.6 Å². The van der Waals surface area contributed by atoms with Crippen molar-refractivity contribution < 1.29 is 19.0 Å². The molecule has 0 aliphatic carbocycles. The van der Waals surface area contributed by atoms with Crippen LogP contribution in [-0.4, -0.2) is 44.7 Å². The van der Waals surface area contributed by atoms with Gasteiger partial charge < -0.3 is 19.1 Å². The van der Waals surface area contributed by atoms with Gasteiger partial charge in [0.2, 0.25) is 5.91 Å². The number of methoxy groups -OCH3 is 1. The Balaban J connectivity index is 1.89. The number of hydrogen-bond donors (Lipinski definition) is 0. The molecule has 0 bridgehead atoms. The van der Waals surface area contributed by atoms with Crippen molar-refractivity contribution in [1.82, 2.24) is 4.90 Å². The van der Waals surface area contributed by atoms with E-state index in [1.54, 1.807) is 48.4 Å². The Morgan fingerprint density at radius 2 is 1.96 bits per heavy atom. The molecule has 1 amide bonds. The molecule has 0 radical (unpaired) electrons. The highest BCUT2D eigenvalue weighted by Gasteiger charge is 2.08. The normalized spacial score (nSPS) is 10.4. The van der Waals surface area contributed by atoms with Gasteiger partial charge in [-0.2, -0.15) is 5.26 Å². The number of rotatable bonds is 9. The Kier molecular flexibility index (Phi) is 8.19. The molecule has 0 fully saturated rings. The first-order valence-electron chi connectivity index (χ1n) is 8.53. The van der Waals surface area contributed by atoms with Gasteiger partial charge in [-0.3, -0.25) is 4.79 Å². The van der Waals surface area contributed by atoms with E-state index in [9.17, 15) is 4.79 Å². The van der Waals surface area contributed by atoms with Crippen LogP contribution in [-0.2, 0) is 4.79 Å². The predicted molar refractivity (Wildman–Crippen MR) is 108 cm³/mol. The third kappa shape index (κ3) is 6.22. The van der Waals surface area contributed by atoms with Crippen LogP contribution in [0, 0.1) is 11.3 Å². The van der Waals surface area contributed by atoms with E-state index in [1.165, 1.54) is 13.2 Å². The highest BCUT2D eigenvalue weighted by Crippen LogP contribution is 2.28. The summed E-state index contributed by atoms with van der Waals surface area (Å²) in [6.45, 7) is 0.683. The van der Waals surface area contributed by atoms with E-state index in [0.717, 1.165) is 5.56 Å². The monoisotopic (exact) mass is 400 g/mol. The zero-order valence-electron chi connectivity index (χ0n) is 15.7. The van der Waals surface area contributed by atoms with E-state index in [2.05, 4.69) is 0 Å². The van der Waals surface area contributed by atoms with Gasteiger partial charge in [-0.05, 0) is 35.9 Å². The fourth-order valence-corrected chi connectivity index (χ4v) is 2.47. The summed E-state index contributed by atoms with van der Waals surface area (Å²) >= 11 is 6.03. The van der Waals surface area contributed by atoms with Crippen molar-refractivity contribution in [3.63, 3.8) is 0 Å². The Hall–Kier alpha value is -3.17. The minimum atomic E-state index is -0.161. The molecule has 6 nitrogen and oxygen atoms in total. The molecule has 7 heteroatoms. The second-order valence-electron chi connectivity index (χ2n) is 5.73. The van der Waals surface area contributed by atoms with Crippen LogP contribution in [0.15, 0.2) is 48.5 Å². The number of hydrogen-bond acceptors (Lipinski definition) is 5. The van der Waals surface area contributed by atoms with Crippen molar-refractivity contribution in [3.05, 3.63) is 59.1 Å². The van der Waals surface area contributed by atoms with Crippen LogP contribution < -0.4 is 14.2 Å². The van der Waals surface area contributed by atoms with Crippen LogP contribution in [0.4, 0.5) is 0 Å². The van der Waals surface area contributed by atoms with E-state index in [0.29, 0.717) is 35.4 Å². The molecule has 2 aromatic rings. The number of ether oxygens (including phenoxy) is 3. The van der Waals surface area contributed by atoms with Crippen LogP contribution in [0.1, 0.15) is 5.56 Å². The van der Waals surface area contributed by atoms with Gasteiger partial charge in [-0.25, -0.2) is 0 Å². The number of nitriles is 1. The lowest BCUT2D eigenvalue weighted by molar-refractivity contribution is -0.125. The smallest absolute Gasteiger partial charge is 0.246 e. The average molecular weight is 401 g/mol. The maximum absolute atomic E-state index is 12.3. The van der Waals surface area contributed by atoms with Gasteiger partial charge >= 0.3 is 0 Å². The molecule has 0 spiro atoms.